The van der Waals surface area contributed by atoms with Crippen LogP contribution in [-0.4, -0.2) is 23.6 Å². The highest BCUT2D eigenvalue weighted by molar-refractivity contribution is 6.02. The van der Waals surface area contributed by atoms with E-state index < -0.39 is 5.97 Å². The van der Waals surface area contributed by atoms with E-state index in [1.165, 1.54) is 0 Å². The number of aromatic nitrogens is 1. The lowest BCUT2D eigenvalue weighted by Crippen LogP contribution is -2.18. The Morgan fingerprint density at radius 1 is 1.14 bits per heavy atom. The average Bonchev–Trinajstić information content (AvgIpc) is 3.04. The van der Waals surface area contributed by atoms with Crippen LogP contribution in [0.2, 0.25) is 0 Å². The molecule has 6 nitrogen and oxygen atoms in total. The number of carbonyl (C=O) groups is 2. The number of hydrogen-bond donors (Lipinski definition) is 1. The SMILES string of the molecule is CCCCOC(=O)c1ccccc1NC(=O)Cc1noc2cc(C)c(C)cc12. The molecule has 3 aromatic rings. The van der Waals surface area contributed by atoms with Gasteiger partial charge in [-0.3, -0.25) is 4.79 Å². The second-order valence-electron chi connectivity index (χ2n) is 6.82. The van der Waals surface area contributed by atoms with Gasteiger partial charge in [0.15, 0.2) is 5.58 Å². The molecule has 0 spiro atoms. The molecule has 0 unspecified atom stereocenters. The molecule has 0 atom stereocenters. The first-order valence-corrected chi connectivity index (χ1v) is 9.41. The maximum Gasteiger partial charge on any atom is 0.340 e. The van der Waals surface area contributed by atoms with Crippen LogP contribution in [-0.2, 0) is 16.0 Å². The molecule has 0 bridgehead atoms. The number of unbranched alkanes of at least 4 members (excludes halogenated alkanes) is 1. The summed E-state index contributed by atoms with van der Waals surface area (Å²) in [4.78, 5) is 24.8. The van der Waals surface area contributed by atoms with E-state index in [-0.39, 0.29) is 12.3 Å². The molecular weight excluding hydrogens is 356 g/mol. The van der Waals surface area contributed by atoms with Crippen molar-refractivity contribution in [2.45, 2.75) is 40.0 Å². The van der Waals surface area contributed by atoms with Gasteiger partial charge >= 0.3 is 5.97 Å². The number of ether oxygens (including phenoxy) is 1. The van der Waals surface area contributed by atoms with Gasteiger partial charge in [0.25, 0.3) is 0 Å². The molecule has 3 rings (SSSR count). The highest BCUT2D eigenvalue weighted by Gasteiger charge is 2.17. The Bertz CT molecular complexity index is 1010. The molecule has 146 valence electrons. The zero-order valence-corrected chi connectivity index (χ0v) is 16.4. The zero-order chi connectivity index (χ0) is 20.1. The van der Waals surface area contributed by atoms with Crippen LogP contribution in [0, 0.1) is 13.8 Å². The van der Waals surface area contributed by atoms with Crippen molar-refractivity contribution >= 4 is 28.5 Å². The molecule has 2 aromatic carbocycles. The average molecular weight is 380 g/mol. The van der Waals surface area contributed by atoms with E-state index in [0.717, 1.165) is 29.4 Å². The fourth-order valence-electron chi connectivity index (χ4n) is 2.88. The van der Waals surface area contributed by atoms with Gasteiger partial charge in [-0.2, -0.15) is 0 Å². The Hall–Kier alpha value is -3.15. The molecule has 1 N–H and O–H groups in total. The molecular formula is C22H24N2O4. The molecule has 0 aliphatic rings. The van der Waals surface area contributed by atoms with Crippen LogP contribution in [0.15, 0.2) is 40.9 Å². The first-order valence-electron chi connectivity index (χ1n) is 9.41. The maximum absolute atomic E-state index is 12.6. The lowest BCUT2D eigenvalue weighted by Gasteiger charge is -2.10. The normalized spacial score (nSPS) is 10.8. The van der Waals surface area contributed by atoms with Crippen LogP contribution < -0.4 is 5.32 Å². The quantitative estimate of drug-likeness (QED) is 0.479. The number of carbonyl (C=O) groups excluding carboxylic acids is 2. The van der Waals surface area contributed by atoms with Crippen molar-refractivity contribution < 1.29 is 18.8 Å². The van der Waals surface area contributed by atoms with Crippen LogP contribution in [0.3, 0.4) is 0 Å². The molecule has 1 aromatic heterocycles. The van der Waals surface area contributed by atoms with Gasteiger partial charge < -0.3 is 14.6 Å². The summed E-state index contributed by atoms with van der Waals surface area (Å²) in [7, 11) is 0. The number of rotatable bonds is 7. The second-order valence-corrected chi connectivity index (χ2v) is 6.82. The Kier molecular flexibility index (Phi) is 6.09. The molecule has 1 heterocycles. The van der Waals surface area contributed by atoms with Crippen LogP contribution >= 0.6 is 0 Å². The van der Waals surface area contributed by atoms with Crippen LogP contribution in [0.1, 0.15) is 46.9 Å². The van der Waals surface area contributed by atoms with Gasteiger partial charge in [-0.25, -0.2) is 4.79 Å². The van der Waals surface area contributed by atoms with Crippen molar-refractivity contribution in [1.29, 1.82) is 0 Å². The van der Waals surface area contributed by atoms with Gasteiger partial charge in [0.2, 0.25) is 5.91 Å². The number of hydrogen-bond acceptors (Lipinski definition) is 5. The monoisotopic (exact) mass is 380 g/mol. The number of fused-ring (bicyclic) bond motifs is 1. The van der Waals surface area contributed by atoms with E-state index in [4.69, 9.17) is 9.26 Å². The summed E-state index contributed by atoms with van der Waals surface area (Å²) in [5, 5.41) is 7.65. The largest absolute Gasteiger partial charge is 0.462 e. The number of nitrogens with zero attached hydrogens (tertiary/aromatic N) is 1. The summed E-state index contributed by atoms with van der Waals surface area (Å²) in [6.45, 7) is 6.39. The third kappa shape index (κ3) is 4.39. The van der Waals surface area contributed by atoms with Gasteiger partial charge in [0, 0.05) is 5.39 Å². The third-order valence-electron chi connectivity index (χ3n) is 4.64. The number of nitrogens with one attached hydrogen (secondary N) is 1. The lowest BCUT2D eigenvalue weighted by molar-refractivity contribution is -0.115. The Morgan fingerprint density at radius 2 is 1.89 bits per heavy atom. The molecule has 0 saturated carbocycles. The highest BCUT2D eigenvalue weighted by atomic mass is 16.5. The van der Waals surface area contributed by atoms with Crippen LogP contribution in [0.4, 0.5) is 5.69 Å². The van der Waals surface area contributed by atoms with E-state index >= 15 is 0 Å². The first-order chi connectivity index (χ1) is 13.5. The molecule has 1 amide bonds. The van der Waals surface area contributed by atoms with E-state index in [9.17, 15) is 9.59 Å². The number of para-hydroxylation sites is 1. The van der Waals surface area contributed by atoms with Gasteiger partial charge in [-0.15, -0.1) is 0 Å². The van der Waals surface area contributed by atoms with Crippen LogP contribution in [0.25, 0.3) is 11.0 Å². The van der Waals surface area contributed by atoms with E-state index in [0.29, 0.717) is 29.1 Å². The molecule has 0 fully saturated rings. The number of amides is 1. The molecule has 6 heteroatoms. The summed E-state index contributed by atoms with van der Waals surface area (Å²) in [6, 6.07) is 10.7. The lowest BCUT2D eigenvalue weighted by atomic mass is 10.1. The van der Waals surface area contributed by atoms with Crippen molar-refractivity contribution in [3.8, 4) is 0 Å². The number of anilines is 1. The molecule has 0 saturated heterocycles. The van der Waals surface area contributed by atoms with Crippen molar-refractivity contribution in [2.24, 2.45) is 0 Å². The standard InChI is InChI=1S/C22H24N2O4/c1-4-5-10-27-22(26)16-8-6-7-9-18(16)23-21(25)13-19-17-11-14(2)15(3)12-20(17)28-24-19/h6-9,11-12H,4-5,10,13H2,1-3H3,(H,23,25). The van der Waals surface area contributed by atoms with Crippen molar-refractivity contribution in [3.05, 3.63) is 58.8 Å². The number of esters is 1. The smallest absolute Gasteiger partial charge is 0.340 e. The molecule has 0 aliphatic carbocycles. The summed E-state index contributed by atoms with van der Waals surface area (Å²) in [6.07, 6.45) is 1.80. The van der Waals surface area contributed by atoms with Crippen LogP contribution in [0.5, 0.6) is 0 Å². The first kappa shape index (κ1) is 19.6. The minimum absolute atomic E-state index is 0.0503. The molecule has 0 aliphatic heterocycles. The van der Waals surface area contributed by atoms with E-state index in [1.807, 2.05) is 32.9 Å². The predicted octanol–water partition coefficient (Wildman–Crippen LogP) is 4.58. The number of benzene rings is 2. The maximum atomic E-state index is 12.6. The third-order valence-corrected chi connectivity index (χ3v) is 4.64. The summed E-state index contributed by atoms with van der Waals surface area (Å²) in [5.41, 5.74) is 4.20. The molecule has 0 radical (unpaired) electrons. The Balaban J connectivity index is 1.74. The second kappa shape index (κ2) is 8.69. The van der Waals surface area contributed by atoms with Gasteiger partial charge in [0.05, 0.1) is 24.3 Å². The topological polar surface area (TPSA) is 81.4 Å². The zero-order valence-electron chi connectivity index (χ0n) is 16.4. The van der Waals surface area contributed by atoms with E-state index in [1.54, 1.807) is 24.3 Å². The summed E-state index contributed by atoms with van der Waals surface area (Å²) >= 11 is 0. The summed E-state index contributed by atoms with van der Waals surface area (Å²) in [5.74, 6) is -0.718. The van der Waals surface area contributed by atoms with Gasteiger partial charge in [-0.1, -0.05) is 30.6 Å². The Morgan fingerprint density at radius 3 is 2.68 bits per heavy atom. The van der Waals surface area contributed by atoms with E-state index in [2.05, 4.69) is 10.5 Å². The van der Waals surface area contributed by atoms with Gasteiger partial charge in [0.1, 0.15) is 5.69 Å². The fraction of sp³-hybridized carbons (Fsp3) is 0.318. The Labute approximate surface area is 163 Å². The minimum atomic E-state index is -0.442. The number of aryl methyl sites for hydroxylation is 2. The van der Waals surface area contributed by atoms with Gasteiger partial charge in [-0.05, 0) is 55.7 Å². The summed E-state index contributed by atoms with van der Waals surface area (Å²) < 4.78 is 10.6. The minimum Gasteiger partial charge on any atom is -0.462 e. The predicted molar refractivity (Wildman–Crippen MR) is 107 cm³/mol. The van der Waals surface area contributed by atoms with Crippen molar-refractivity contribution in [2.75, 3.05) is 11.9 Å². The van der Waals surface area contributed by atoms with Crippen molar-refractivity contribution in [1.82, 2.24) is 5.16 Å². The molecule has 28 heavy (non-hydrogen) atoms. The highest BCUT2D eigenvalue weighted by Crippen LogP contribution is 2.23. The van der Waals surface area contributed by atoms with Crippen molar-refractivity contribution in [3.63, 3.8) is 0 Å². The fourth-order valence-corrected chi connectivity index (χ4v) is 2.88.